The van der Waals surface area contributed by atoms with Gasteiger partial charge in [0.15, 0.2) is 5.82 Å². The maximum atomic E-state index is 5.97. The Labute approximate surface area is 147 Å². The van der Waals surface area contributed by atoms with Gasteiger partial charge < -0.3 is 9.64 Å². The number of pyridine rings is 1. The van der Waals surface area contributed by atoms with Crippen LogP contribution in [0.25, 0.3) is 11.4 Å². The molecule has 0 bridgehead atoms. The Morgan fingerprint density at radius 1 is 1.04 bits per heavy atom. The lowest BCUT2D eigenvalue weighted by molar-refractivity contribution is 0.0395. The van der Waals surface area contributed by atoms with Gasteiger partial charge >= 0.3 is 0 Å². The second kappa shape index (κ2) is 6.99. The molecule has 1 atom stereocenters. The number of aryl methyl sites for hydroxylation is 1. The average molecular weight is 332 g/mol. The summed E-state index contributed by atoms with van der Waals surface area (Å²) in [6, 6.07) is 16.3. The molecule has 0 amide bonds. The molecule has 1 aliphatic rings. The minimum atomic E-state index is 0.0644. The largest absolute Gasteiger partial charge is 0.370 e. The topological polar surface area (TPSA) is 51.1 Å². The minimum Gasteiger partial charge on any atom is -0.370 e. The molecule has 3 aromatic rings. The van der Waals surface area contributed by atoms with Crippen molar-refractivity contribution in [2.75, 3.05) is 24.6 Å². The quantitative estimate of drug-likeness (QED) is 0.735. The summed E-state index contributed by atoms with van der Waals surface area (Å²) in [7, 11) is 0. The van der Waals surface area contributed by atoms with Crippen molar-refractivity contribution in [2.45, 2.75) is 13.0 Å². The van der Waals surface area contributed by atoms with Crippen LogP contribution < -0.4 is 4.90 Å². The van der Waals surface area contributed by atoms with Crippen molar-refractivity contribution in [2.24, 2.45) is 0 Å². The Bertz CT molecular complexity index is 839. The van der Waals surface area contributed by atoms with Crippen LogP contribution in [-0.4, -0.2) is 34.6 Å². The second-order valence-electron chi connectivity index (χ2n) is 6.14. The normalized spacial score (nSPS) is 17.5. The number of rotatable bonds is 3. The Morgan fingerprint density at radius 2 is 1.84 bits per heavy atom. The van der Waals surface area contributed by atoms with E-state index in [4.69, 9.17) is 9.72 Å². The summed E-state index contributed by atoms with van der Waals surface area (Å²) in [5.74, 6) is 1.68. The number of hydrogen-bond acceptors (Lipinski definition) is 5. The zero-order chi connectivity index (χ0) is 17.1. The van der Waals surface area contributed by atoms with E-state index >= 15 is 0 Å². The zero-order valence-electron chi connectivity index (χ0n) is 14.2. The molecular weight excluding hydrogens is 312 g/mol. The molecule has 0 radical (unpaired) electrons. The molecule has 0 aliphatic carbocycles. The van der Waals surface area contributed by atoms with Crippen LogP contribution >= 0.6 is 0 Å². The molecule has 1 aliphatic heterocycles. The van der Waals surface area contributed by atoms with Crippen molar-refractivity contribution in [1.82, 2.24) is 15.0 Å². The maximum absolute atomic E-state index is 5.97. The van der Waals surface area contributed by atoms with Crippen molar-refractivity contribution < 1.29 is 4.74 Å². The number of benzene rings is 1. The Balaban J connectivity index is 1.62. The highest BCUT2D eigenvalue weighted by Crippen LogP contribution is 2.26. The van der Waals surface area contributed by atoms with E-state index < -0.39 is 0 Å². The molecule has 1 aromatic carbocycles. The van der Waals surface area contributed by atoms with Gasteiger partial charge in [-0.1, -0.05) is 30.3 Å². The van der Waals surface area contributed by atoms with Crippen LogP contribution in [0.1, 0.15) is 17.4 Å². The summed E-state index contributed by atoms with van der Waals surface area (Å²) in [6.45, 7) is 4.31. The van der Waals surface area contributed by atoms with E-state index in [2.05, 4.69) is 27.0 Å². The predicted octanol–water partition coefficient (Wildman–Crippen LogP) is 3.42. The van der Waals surface area contributed by atoms with Crippen molar-refractivity contribution in [1.29, 1.82) is 0 Å². The summed E-state index contributed by atoms with van der Waals surface area (Å²) in [5, 5.41) is 0. The van der Waals surface area contributed by atoms with Crippen LogP contribution in [0.3, 0.4) is 0 Å². The van der Waals surface area contributed by atoms with Crippen LogP contribution in [0.5, 0.6) is 0 Å². The lowest BCUT2D eigenvalue weighted by Gasteiger charge is -2.34. The number of anilines is 1. The molecule has 1 unspecified atom stereocenters. The molecule has 25 heavy (non-hydrogen) atoms. The van der Waals surface area contributed by atoms with E-state index in [1.807, 2.05) is 43.3 Å². The number of nitrogens with zero attached hydrogens (tertiary/aromatic N) is 4. The first-order valence-electron chi connectivity index (χ1n) is 8.47. The Morgan fingerprint density at radius 3 is 2.64 bits per heavy atom. The molecule has 1 saturated heterocycles. The van der Waals surface area contributed by atoms with Crippen LogP contribution in [0.4, 0.5) is 5.82 Å². The SMILES string of the molecule is Cc1cc(N2CCOC(c3ccccc3)C2)nc(-c2ccncc2)n1. The first-order valence-corrected chi connectivity index (χ1v) is 8.47. The lowest BCUT2D eigenvalue weighted by atomic mass is 10.1. The van der Waals surface area contributed by atoms with Crippen molar-refractivity contribution in [3.05, 3.63) is 72.2 Å². The Kier molecular flexibility index (Phi) is 4.39. The lowest BCUT2D eigenvalue weighted by Crippen LogP contribution is -2.39. The fourth-order valence-electron chi connectivity index (χ4n) is 3.07. The molecule has 1 fully saturated rings. The second-order valence-corrected chi connectivity index (χ2v) is 6.14. The van der Waals surface area contributed by atoms with E-state index in [1.165, 1.54) is 5.56 Å². The first-order chi connectivity index (χ1) is 12.3. The molecule has 3 heterocycles. The molecule has 126 valence electrons. The summed E-state index contributed by atoms with van der Waals surface area (Å²) < 4.78 is 5.97. The molecule has 0 N–H and O–H groups in total. The van der Waals surface area contributed by atoms with Gasteiger partial charge in [-0.3, -0.25) is 4.98 Å². The molecule has 4 rings (SSSR count). The first kappa shape index (κ1) is 15.7. The van der Waals surface area contributed by atoms with Gasteiger partial charge in [-0.2, -0.15) is 0 Å². The summed E-state index contributed by atoms with van der Waals surface area (Å²) in [5.41, 5.74) is 3.14. The highest BCUT2D eigenvalue weighted by molar-refractivity contribution is 5.57. The standard InChI is InChI=1S/C20H20N4O/c1-15-13-19(23-20(22-15)17-7-9-21-10-8-17)24-11-12-25-18(14-24)16-5-3-2-4-6-16/h2-10,13,18H,11-12,14H2,1H3. The third-order valence-electron chi connectivity index (χ3n) is 4.34. The highest BCUT2D eigenvalue weighted by Gasteiger charge is 2.23. The molecule has 2 aromatic heterocycles. The van der Waals surface area contributed by atoms with Crippen LogP contribution in [0, 0.1) is 6.92 Å². The third kappa shape index (κ3) is 3.51. The smallest absolute Gasteiger partial charge is 0.161 e. The molecule has 0 saturated carbocycles. The average Bonchev–Trinajstić information content (AvgIpc) is 2.69. The van der Waals surface area contributed by atoms with Gasteiger partial charge in [0.2, 0.25) is 0 Å². The predicted molar refractivity (Wildman–Crippen MR) is 97.3 cm³/mol. The van der Waals surface area contributed by atoms with E-state index in [0.29, 0.717) is 6.61 Å². The summed E-state index contributed by atoms with van der Waals surface area (Å²) in [4.78, 5) is 15.7. The maximum Gasteiger partial charge on any atom is 0.161 e. The van der Waals surface area contributed by atoms with Crippen molar-refractivity contribution in [3.63, 3.8) is 0 Å². The number of morpholine rings is 1. The van der Waals surface area contributed by atoms with Crippen LogP contribution in [0.2, 0.25) is 0 Å². The number of hydrogen-bond donors (Lipinski definition) is 0. The van der Waals surface area contributed by atoms with Crippen LogP contribution in [0.15, 0.2) is 60.9 Å². The van der Waals surface area contributed by atoms with Gasteiger partial charge in [-0.25, -0.2) is 9.97 Å². The van der Waals surface area contributed by atoms with Crippen molar-refractivity contribution in [3.8, 4) is 11.4 Å². The van der Waals surface area contributed by atoms with E-state index in [-0.39, 0.29) is 6.10 Å². The van der Waals surface area contributed by atoms with Gasteiger partial charge in [0, 0.05) is 42.8 Å². The fourth-order valence-corrected chi connectivity index (χ4v) is 3.07. The minimum absolute atomic E-state index is 0.0644. The Hall–Kier alpha value is -2.79. The zero-order valence-corrected chi connectivity index (χ0v) is 14.2. The summed E-state index contributed by atoms with van der Waals surface area (Å²) >= 11 is 0. The summed E-state index contributed by atoms with van der Waals surface area (Å²) in [6.07, 6.45) is 3.59. The monoisotopic (exact) mass is 332 g/mol. The molecular formula is C20H20N4O. The van der Waals surface area contributed by atoms with Gasteiger partial charge in [0.1, 0.15) is 11.9 Å². The highest BCUT2D eigenvalue weighted by atomic mass is 16.5. The number of aromatic nitrogens is 3. The number of ether oxygens (including phenoxy) is 1. The van der Waals surface area contributed by atoms with Gasteiger partial charge in [-0.05, 0) is 24.6 Å². The van der Waals surface area contributed by atoms with Gasteiger partial charge in [-0.15, -0.1) is 0 Å². The molecule has 5 heteroatoms. The third-order valence-corrected chi connectivity index (χ3v) is 4.34. The molecule has 0 spiro atoms. The van der Waals surface area contributed by atoms with E-state index in [1.54, 1.807) is 12.4 Å². The fraction of sp³-hybridized carbons (Fsp3) is 0.250. The van der Waals surface area contributed by atoms with E-state index in [9.17, 15) is 0 Å². The van der Waals surface area contributed by atoms with Crippen LogP contribution in [-0.2, 0) is 4.74 Å². The van der Waals surface area contributed by atoms with Crippen molar-refractivity contribution >= 4 is 5.82 Å². The van der Waals surface area contributed by atoms with Gasteiger partial charge in [0.25, 0.3) is 0 Å². The van der Waals surface area contributed by atoms with Gasteiger partial charge in [0.05, 0.1) is 6.61 Å². The van der Waals surface area contributed by atoms with E-state index in [0.717, 1.165) is 36.0 Å². The molecule has 5 nitrogen and oxygen atoms in total.